The first-order valence-electron chi connectivity index (χ1n) is 20.0. The van der Waals surface area contributed by atoms with Crippen molar-refractivity contribution < 1.29 is 9.47 Å². The molecule has 2 nitrogen and oxygen atoms in total. The zero-order chi connectivity index (χ0) is 35.2. The summed E-state index contributed by atoms with van der Waals surface area (Å²) in [7, 11) is 0. The third kappa shape index (κ3) is 12.2. The molecule has 0 aliphatic rings. The van der Waals surface area contributed by atoms with Crippen LogP contribution < -0.4 is 9.47 Å². The molecule has 266 valence electrons. The first-order chi connectivity index (χ1) is 24.7. The molecule has 0 fully saturated rings. The smallest absolute Gasteiger partial charge is 0.127 e. The maximum absolute atomic E-state index is 6.66. The van der Waals surface area contributed by atoms with Gasteiger partial charge in [0.25, 0.3) is 0 Å². The van der Waals surface area contributed by atoms with Gasteiger partial charge >= 0.3 is 0 Å². The van der Waals surface area contributed by atoms with Gasteiger partial charge < -0.3 is 9.47 Å². The van der Waals surface area contributed by atoms with Gasteiger partial charge in [-0.25, -0.2) is 0 Å². The van der Waals surface area contributed by atoms with Gasteiger partial charge in [-0.1, -0.05) is 166 Å². The van der Waals surface area contributed by atoms with E-state index < -0.39 is 0 Å². The highest BCUT2D eigenvalue weighted by Gasteiger charge is 2.20. The van der Waals surface area contributed by atoms with Crippen molar-refractivity contribution in [1.29, 1.82) is 0 Å². The van der Waals surface area contributed by atoms with E-state index in [-0.39, 0.29) is 0 Å². The van der Waals surface area contributed by atoms with Gasteiger partial charge in [0, 0.05) is 22.3 Å². The zero-order valence-corrected chi connectivity index (χ0v) is 31.3. The molecule has 2 heteroatoms. The standard InChI is InChI=1S/C48H62O2/c1-5-9-11-13-15-17-19-21-23-25-35-49-45-33-29-41-37-39(7-3)27-31-43(41)47(45)48-44-32-28-40(8-4)38-42(44)30-34-46(48)50-36-26-24-22-20-18-16-14-12-10-6-2/h3-4,27-34,37-38H,5-6,9-26,35-36H2,1-2H3. The maximum Gasteiger partial charge on any atom is 0.127 e. The van der Waals surface area contributed by atoms with E-state index in [9.17, 15) is 0 Å². The molecule has 0 aliphatic carbocycles. The number of unbranched alkanes of at least 4 members (excludes halogenated alkanes) is 18. The quantitative estimate of drug-likeness (QED) is 0.0516. The van der Waals surface area contributed by atoms with Crippen LogP contribution in [0, 0.1) is 24.7 Å². The topological polar surface area (TPSA) is 18.5 Å². The van der Waals surface area contributed by atoms with Crippen molar-refractivity contribution in [3.8, 4) is 47.3 Å². The fraction of sp³-hybridized carbons (Fsp3) is 0.500. The fourth-order valence-corrected chi connectivity index (χ4v) is 7.10. The summed E-state index contributed by atoms with van der Waals surface area (Å²) < 4.78 is 13.3. The second-order valence-electron chi connectivity index (χ2n) is 14.1. The molecule has 4 aromatic rings. The molecule has 0 heterocycles. The van der Waals surface area contributed by atoms with Gasteiger partial charge in [0.15, 0.2) is 0 Å². The Labute approximate surface area is 304 Å². The third-order valence-corrected chi connectivity index (χ3v) is 10.1. The summed E-state index contributed by atoms with van der Waals surface area (Å²) in [4.78, 5) is 0. The number of benzene rings is 4. The van der Waals surface area contributed by atoms with Crippen LogP contribution in [0.2, 0.25) is 0 Å². The predicted octanol–water partition coefficient (Wildman–Crippen LogP) is 14.2. The largest absolute Gasteiger partial charge is 0.493 e. The normalized spacial score (nSPS) is 11.1. The Hall–Kier alpha value is -3.88. The molecule has 4 rings (SSSR count). The van der Waals surface area contributed by atoms with E-state index in [1.807, 2.05) is 12.1 Å². The minimum absolute atomic E-state index is 0.693. The monoisotopic (exact) mass is 670 g/mol. The van der Waals surface area contributed by atoms with Gasteiger partial charge in [-0.2, -0.15) is 0 Å². The lowest BCUT2D eigenvalue weighted by Gasteiger charge is -2.20. The highest BCUT2D eigenvalue weighted by molar-refractivity contribution is 6.10. The Morgan fingerprint density at radius 2 is 0.760 bits per heavy atom. The van der Waals surface area contributed by atoms with Crippen LogP contribution in [0.5, 0.6) is 11.5 Å². The molecular formula is C48H62O2. The molecule has 0 N–H and O–H groups in total. The lowest BCUT2D eigenvalue weighted by atomic mass is 9.91. The molecule has 0 radical (unpaired) electrons. The lowest BCUT2D eigenvalue weighted by Crippen LogP contribution is -2.03. The fourth-order valence-electron chi connectivity index (χ4n) is 7.10. The molecule has 0 saturated carbocycles. The van der Waals surface area contributed by atoms with E-state index in [0.717, 1.165) is 68.1 Å². The van der Waals surface area contributed by atoms with E-state index in [4.69, 9.17) is 22.3 Å². The average Bonchev–Trinajstić information content (AvgIpc) is 3.15. The summed E-state index contributed by atoms with van der Waals surface area (Å²) in [5.74, 6) is 7.40. The molecule has 0 amide bonds. The minimum Gasteiger partial charge on any atom is -0.493 e. The van der Waals surface area contributed by atoms with E-state index in [1.54, 1.807) is 0 Å². The maximum atomic E-state index is 6.66. The third-order valence-electron chi connectivity index (χ3n) is 10.1. The first kappa shape index (κ1) is 38.9. The van der Waals surface area contributed by atoms with Crippen LogP contribution in [0.15, 0.2) is 60.7 Å². The number of fused-ring (bicyclic) bond motifs is 2. The number of rotatable bonds is 25. The SMILES string of the molecule is C#Cc1ccc2c(-c3c(OCCCCCCCCCCCC)ccc4cc(C#C)ccc34)c(OCCCCCCCCCCCC)ccc2c1. The van der Waals surface area contributed by atoms with Gasteiger partial charge in [-0.05, 0) is 70.8 Å². The minimum atomic E-state index is 0.693. The Balaban J connectivity index is 1.51. The molecule has 4 aromatic carbocycles. The van der Waals surface area contributed by atoms with E-state index >= 15 is 0 Å². The van der Waals surface area contributed by atoms with Crippen LogP contribution in [0.4, 0.5) is 0 Å². The Morgan fingerprint density at radius 3 is 1.10 bits per heavy atom. The van der Waals surface area contributed by atoms with Crippen molar-refractivity contribution >= 4 is 21.5 Å². The molecule has 0 spiro atoms. The molecule has 0 aromatic heterocycles. The van der Waals surface area contributed by atoms with Crippen molar-refractivity contribution in [2.24, 2.45) is 0 Å². The summed E-state index contributed by atoms with van der Waals surface area (Å²) >= 11 is 0. The average molecular weight is 671 g/mol. The van der Waals surface area contributed by atoms with Gasteiger partial charge in [-0.3, -0.25) is 0 Å². The van der Waals surface area contributed by atoms with Crippen LogP contribution in [-0.2, 0) is 0 Å². The highest BCUT2D eigenvalue weighted by atomic mass is 16.5. The summed E-state index contributed by atoms with van der Waals surface area (Å²) in [6, 6.07) is 21.1. The summed E-state index contributed by atoms with van der Waals surface area (Å²) in [6.07, 6.45) is 37.6. The van der Waals surface area contributed by atoms with Gasteiger partial charge in [0.1, 0.15) is 11.5 Å². The van der Waals surface area contributed by atoms with Crippen molar-refractivity contribution in [2.75, 3.05) is 13.2 Å². The van der Waals surface area contributed by atoms with E-state index in [0.29, 0.717) is 13.2 Å². The zero-order valence-electron chi connectivity index (χ0n) is 31.3. The van der Waals surface area contributed by atoms with Crippen molar-refractivity contribution in [3.05, 3.63) is 71.8 Å². The van der Waals surface area contributed by atoms with Crippen molar-refractivity contribution in [3.63, 3.8) is 0 Å². The highest BCUT2D eigenvalue weighted by Crippen LogP contribution is 2.46. The van der Waals surface area contributed by atoms with E-state index in [1.165, 1.54) is 116 Å². The molecular weight excluding hydrogens is 609 g/mol. The van der Waals surface area contributed by atoms with Crippen LogP contribution in [0.25, 0.3) is 32.7 Å². The summed E-state index contributed by atoms with van der Waals surface area (Å²) in [5, 5.41) is 4.42. The number of hydrogen-bond donors (Lipinski definition) is 0. The molecule has 0 aliphatic heterocycles. The number of terminal acetylenes is 2. The predicted molar refractivity (Wildman–Crippen MR) is 217 cm³/mol. The lowest BCUT2D eigenvalue weighted by molar-refractivity contribution is 0.301. The van der Waals surface area contributed by atoms with Crippen LogP contribution in [0.1, 0.15) is 153 Å². The number of ether oxygens (including phenoxy) is 2. The molecule has 0 saturated heterocycles. The summed E-state index contributed by atoms with van der Waals surface area (Å²) in [5.41, 5.74) is 3.87. The Bertz CT molecular complexity index is 1540. The Morgan fingerprint density at radius 1 is 0.420 bits per heavy atom. The van der Waals surface area contributed by atoms with Gasteiger partial charge in [-0.15, -0.1) is 12.8 Å². The van der Waals surface area contributed by atoms with Gasteiger partial charge in [0.2, 0.25) is 0 Å². The second kappa shape index (κ2) is 22.8. The first-order valence-corrected chi connectivity index (χ1v) is 20.0. The molecule has 0 atom stereocenters. The van der Waals surface area contributed by atoms with E-state index in [2.05, 4.69) is 74.2 Å². The van der Waals surface area contributed by atoms with Crippen LogP contribution in [0.3, 0.4) is 0 Å². The molecule has 0 unspecified atom stereocenters. The summed E-state index contributed by atoms with van der Waals surface area (Å²) in [6.45, 7) is 5.95. The Kier molecular flexibility index (Phi) is 17.7. The molecule has 50 heavy (non-hydrogen) atoms. The molecule has 0 bridgehead atoms. The second-order valence-corrected chi connectivity index (χ2v) is 14.1. The van der Waals surface area contributed by atoms with Crippen LogP contribution in [-0.4, -0.2) is 13.2 Å². The van der Waals surface area contributed by atoms with Crippen LogP contribution >= 0.6 is 0 Å². The number of hydrogen-bond acceptors (Lipinski definition) is 2. The van der Waals surface area contributed by atoms with Crippen molar-refractivity contribution in [2.45, 2.75) is 142 Å². The van der Waals surface area contributed by atoms with Crippen molar-refractivity contribution in [1.82, 2.24) is 0 Å². The van der Waals surface area contributed by atoms with Gasteiger partial charge in [0.05, 0.1) is 13.2 Å².